The van der Waals surface area contributed by atoms with Crippen molar-refractivity contribution >= 4 is 0 Å². The van der Waals surface area contributed by atoms with Gasteiger partial charge in [-0.15, -0.1) is 0 Å². The van der Waals surface area contributed by atoms with E-state index in [1.54, 1.807) is 19.6 Å². The third-order valence-corrected chi connectivity index (χ3v) is 1.50. The van der Waals surface area contributed by atoms with Crippen LogP contribution in [0.4, 0.5) is 0 Å². The lowest BCUT2D eigenvalue weighted by Crippen LogP contribution is -2.16. The first kappa shape index (κ1) is 9.22. The zero-order valence-electron chi connectivity index (χ0n) is 7.43. The van der Waals surface area contributed by atoms with Crippen LogP contribution in [0.2, 0.25) is 0 Å². The molecule has 1 rings (SSSR count). The normalized spacial score (nSPS) is 13.2. The molecule has 0 amide bonds. The summed E-state index contributed by atoms with van der Waals surface area (Å²) in [6.45, 7) is 3.15. The Morgan fingerprint density at radius 1 is 1.58 bits per heavy atom. The molecule has 0 aromatic carbocycles. The van der Waals surface area contributed by atoms with Crippen LogP contribution in [0.25, 0.3) is 0 Å². The summed E-state index contributed by atoms with van der Waals surface area (Å²) in [5.74, 6) is 0. The Hall–Kier alpha value is -0.870. The molecular weight excluding hydrogens is 156 g/mol. The van der Waals surface area contributed by atoms with Crippen molar-refractivity contribution in [1.82, 2.24) is 9.55 Å². The van der Waals surface area contributed by atoms with Crippen LogP contribution in [-0.4, -0.2) is 29.6 Å². The molecule has 0 fully saturated rings. The lowest BCUT2D eigenvalue weighted by Gasteiger charge is -2.12. The van der Waals surface area contributed by atoms with Gasteiger partial charge in [0.2, 0.25) is 0 Å². The van der Waals surface area contributed by atoms with Gasteiger partial charge in [-0.25, -0.2) is 4.98 Å². The number of imidazole rings is 1. The average Bonchev–Trinajstić information content (AvgIpc) is 2.53. The highest BCUT2D eigenvalue weighted by molar-refractivity contribution is 4.74. The van der Waals surface area contributed by atoms with E-state index in [0.717, 1.165) is 6.54 Å². The minimum Gasteiger partial charge on any atom is -0.359 e. The zero-order chi connectivity index (χ0) is 8.81. The molecule has 4 heteroatoms. The average molecular weight is 170 g/mol. The van der Waals surface area contributed by atoms with E-state index in [1.807, 2.05) is 17.7 Å². The van der Waals surface area contributed by atoms with Crippen LogP contribution >= 0.6 is 0 Å². The van der Waals surface area contributed by atoms with Crippen molar-refractivity contribution < 1.29 is 9.47 Å². The fraction of sp³-hybridized carbons (Fsp3) is 0.625. The summed E-state index contributed by atoms with van der Waals surface area (Å²) in [6.07, 6.45) is 5.58. The second kappa shape index (κ2) is 4.90. The van der Waals surface area contributed by atoms with E-state index in [0.29, 0.717) is 6.79 Å². The van der Waals surface area contributed by atoms with Gasteiger partial charge >= 0.3 is 0 Å². The topological polar surface area (TPSA) is 36.3 Å². The minimum atomic E-state index is 0.152. The fourth-order valence-corrected chi connectivity index (χ4v) is 0.929. The maximum Gasteiger partial charge on any atom is 0.146 e. The maximum atomic E-state index is 5.29. The van der Waals surface area contributed by atoms with Crippen LogP contribution < -0.4 is 0 Å². The van der Waals surface area contributed by atoms with Crippen LogP contribution in [0.15, 0.2) is 18.7 Å². The van der Waals surface area contributed by atoms with Crippen LogP contribution in [0, 0.1) is 0 Å². The van der Waals surface area contributed by atoms with E-state index in [1.165, 1.54) is 0 Å². The van der Waals surface area contributed by atoms with Crippen molar-refractivity contribution in [3.63, 3.8) is 0 Å². The molecule has 0 bridgehead atoms. The highest BCUT2D eigenvalue weighted by atomic mass is 16.7. The first-order valence-corrected chi connectivity index (χ1v) is 3.89. The van der Waals surface area contributed by atoms with Gasteiger partial charge < -0.3 is 14.0 Å². The van der Waals surface area contributed by atoms with Crippen molar-refractivity contribution in [2.45, 2.75) is 19.6 Å². The first-order chi connectivity index (χ1) is 5.83. The van der Waals surface area contributed by atoms with E-state index < -0.39 is 0 Å². The smallest absolute Gasteiger partial charge is 0.146 e. The molecule has 68 valence electrons. The molecule has 1 unspecified atom stereocenters. The summed E-state index contributed by atoms with van der Waals surface area (Å²) < 4.78 is 12.1. The van der Waals surface area contributed by atoms with Gasteiger partial charge in [-0.3, -0.25) is 0 Å². The van der Waals surface area contributed by atoms with Gasteiger partial charge in [0.05, 0.1) is 12.4 Å². The predicted molar refractivity (Wildman–Crippen MR) is 44.7 cm³/mol. The maximum absolute atomic E-state index is 5.29. The molecule has 0 saturated carbocycles. The molecular formula is C8H14N2O2. The van der Waals surface area contributed by atoms with Crippen LogP contribution in [0.1, 0.15) is 6.92 Å². The second-order valence-corrected chi connectivity index (χ2v) is 2.64. The third kappa shape index (κ3) is 3.02. The summed E-state index contributed by atoms with van der Waals surface area (Å²) in [6, 6.07) is 0. The van der Waals surface area contributed by atoms with Crippen molar-refractivity contribution in [3.8, 4) is 0 Å². The lowest BCUT2D eigenvalue weighted by atomic mass is 10.4. The summed E-state index contributed by atoms with van der Waals surface area (Å²) in [4.78, 5) is 3.93. The molecule has 1 heterocycles. The molecule has 1 atom stereocenters. The number of methoxy groups -OCH3 is 1. The number of hydrogen-bond acceptors (Lipinski definition) is 3. The van der Waals surface area contributed by atoms with Gasteiger partial charge in [-0.2, -0.15) is 0 Å². The molecule has 1 aromatic rings. The highest BCUT2D eigenvalue weighted by Gasteiger charge is 2.01. The first-order valence-electron chi connectivity index (χ1n) is 3.89. The third-order valence-electron chi connectivity index (χ3n) is 1.50. The van der Waals surface area contributed by atoms with Crippen molar-refractivity contribution in [2.24, 2.45) is 0 Å². The number of aromatic nitrogens is 2. The SMILES string of the molecule is COCOC(C)Cn1ccnc1. The Labute approximate surface area is 72.1 Å². The van der Waals surface area contributed by atoms with Gasteiger partial charge in [0.15, 0.2) is 0 Å². The molecule has 0 N–H and O–H groups in total. The molecule has 12 heavy (non-hydrogen) atoms. The van der Waals surface area contributed by atoms with Crippen molar-refractivity contribution in [2.75, 3.05) is 13.9 Å². The summed E-state index contributed by atoms with van der Waals surface area (Å²) in [7, 11) is 1.62. The van der Waals surface area contributed by atoms with E-state index in [9.17, 15) is 0 Å². The van der Waals surface area contributed by atoms with Gasteiger partial charge in [-0.1, -0.05) is 0 Å². The minimum absolute atomic E-state index is 0.152. The number of hydrogen-bond donors (Lipinski definition) is 0. The fourth-order valence-electron chi connectivity index (χ4n) is 0.929. The van der Waals surface area contributed by atoms with Gasteiger partial charge in [0.25, 0.3) is 0 Å². The Balaban J connectivity index is 2.22. The second-order valence-electron chi connectivity index (χ2n) is 2.64. The molecule has 0 spiro atoms. The van der Waals surface area contributed by atoms with Crippen LogP contribution in [0.3, 0.4) is 0 Å². The number of nitrogens with zero attached hydrogens (tertiary/aromatic N) is 2. The molecule has 0 saturated heterocycles. The molecule has 0 aliphatic heterocycles. The Bertz CT molecular complexity index is 199. The van der Waals surface area contributed by atoms with Crippen molar-refractivity contribution in [1.29, 1.82) is 0 Å². The van der Waals surface area contributed by atoms with Crippen LogP contribution in [-0.2, 0) is 16.0 Å². The van der Waals surface area contributed by atoms with E-state index in [4.69, 9.17) is 9.47 Å². The zero-order valence-corrected chi connectivity index (χ0v) is 7.43. The van der Waals surface area contributed by atoms with E-state index in [2.05, 4.69) is 4.98 Å². The molecule has 1 aromatic heterocycles. The van der Waals surface area contributed by atoms with Gasteiger partial charge in [0, 0.05) is 26.0 Å². The van der Waals surface area contributed by atoms with Crippen molar-refractivity contribution in [3.05, 3.63) is 18.7 Å². The molecule has 0 aliphatic carbocycles. The van der Waals surface area contributed by atoms with E-state index in [-0.39, 0.29) is 6.10 Å². The quantitative estimate of drug-likeness (QED) is 0.616. The van der Waals surface area contributed by atoms with Gasteiger partial charge in [-0.05, 0) is 6.92 Å². The monoisotopic (exact) mass is 170 g/mol. The Morgan fingerprint density at radius 2 is 2.42 bits per heavy atom. The highest BCUT2D eigenvalue weighted by Crippen LogP contribution is 1.96. The van der Waals surface area contributed by atoms with E-state index >= 15 is 0 Å². The Kier molecular flexibility index (Phi) is 3.76. The summed E-state index contributed by atoms with van der Waals surface area (Å²) in [5.41, 5.74) is 0. The molecule has 4 nitrogen and oxygen atoms in total. The predicted octanol–water partition coefficient (Wildman–Crippen LogP) is 0.892. The summed E-state index contributed by atoms with van der Waals surface area (Å²) >= 11 is 0. The van der Waals surface area contributed by atoms with Crippen LogP contribution in [0.5, 0.6) is 0 Å². The number of ether oxygens (including phenoxy) is 2. The largest absolute Gasteiger partial charge is 0.359 e. The lowest BCUT2D eigenvalue weighted by molar-refractivity contribution is -0.0698. The van der Waals surface area contributed by atoms with Gasteiger partial charge in [0.1, 0.15) is 6.79 Å². The standard InChI is InChI=1S/C8H14N2O2/c1-8(12-7-11-2)5-10-4-3-9-6-10/h3-4,6,8H,5,7H2,1-2H3. The summed E-state index contributed by atoms with van der Waals surface area (Å²) in [5, 5.41) is 0. The number of rotatable bonds is 5. The molecule has 0 radical (unpaired) electrons. The molecule has 0 aliphatic rings. The Morgan fingerprint density at radius 3 is 3.00 bits per heavy atom.